The van der Waals surface area contributed by atoms with Gasteiger partial charge in [0.15, 0.2) is 5.67 Å². The van der Waals surface area contributed by atoms with Gasteiger partial charge in [0.2, 0.25) is 0 Å². The molecule has 0 aromatic carbocycles. The second-order valence-electron chi connectivity index (χ2n) is 2.19. The van der Waals surface area contributed by atoms with E-state index in [0.29, 0.717) is 13.1 Å². The van der Waals surface area contributed by atoms with Gasteiger partial charge in [-0.1, -0.05) is 0 Å². The second kappa shape index (κ2) is 1.99. The van der Waals surface area contributed by atoms with E-state index in [0.717, 1.165) is 0 Å². The first kappa shape index (κ1) is 5.98. The molecule has 1 heterocycles. The van der Waals surface area contributed by atoms with Crippen LogP contribution in [0, 0.1) is 0 Å². The lowest BCUT2D eigenvalue weighted by Crippen LogP contribution is -2.58. The van der Waals surface area contributed by atoms with Crippen molar-refractivity contribution in [2.24, 2.45) is 0 Å². The molecule has 0 unspecified atom stereocenters. The summed E-state index contributed by atoms with van der Waals surface area (Å²) in [7, 11) is 1.51. The average molecular weight is 119 g/mol. The highest BCUT2D eigenvalue weighted by molar-refractivity contribution is 4.92. The van der Waals surface area contributed by atoms with Crippen molar-refractivity contribution in [1.29, 1.82) is 0 Å². The van der Waals surface area contributed by atoms with Crippen molar-refractivity contribution in [3.8, 4) is 0 Å². The normalized spacial score (nSPS) is 24.8. The van der Waals surface area contributed by atoms with E-state index < -0.39 is 5.67 Å². The van der Waals surface area contributed by atoms with E-state index in [4.69, 9.17) is 0 Å². The molecule has 1 fully saturated rings. The highest BCUT2D eigenvalue weighted by Gasteiger charge is 2.36. The number of halogens is 1. The summed E-state index contributed by atoms with van der Waals surface area (Å²) in [6.07, 6.45) is 0. The minimum atomic E-state index is -1.06. The standard InChI is InChI=1S/C5H10FNO/c1-8-4-5(6)2-7-3-5/h7H,2-4H2,1H3. The summed E-state index contributed by atoms with van der Waals surface area (Å²) in [6, 6.07) is 0. The molecule has 0 aromatic heterocycles. The Morgan fingerprint density at radius 1 is 1.75 bits per heavy atom. The van der Waals surface area contributed by atoms with E-state index in [9.17, 15) is 4.39 Å². The van der Waals surface area contributed by atoms with Gasteiger partial charge < -0.3 is 10.1 Å². The van der Waals surface area contributed by atoms with Crippen LogP contribution < -0.4 is 5.32 Å². The van der Waals surface area contributed by atoms with E-state index in [2.05, 4.69) is 10.1 Å². The van der Waals surface area contributed by atoms with Crippen LogP contribution in [0.5, 0.6) is 0 Å². The van der Waals surface area contributed by atoms with Crippen molar-refractivity contribution in [2.45, 2.75) is 5.67 Å². The third kappa shape index (κ3) is 0.980. The molecule has 0 saturated carbocycles. The van der Waals surface area contributed by atoms with E-state index in [-0.39, 0.29) is 6.61 Å². The Kier molecular flexibility index (Phi) is 1.49. The average Bonchev–Trinajstić information content (AvgIpc) is 1.64. The molecular formula is C5H10FNO. The maximum absolute atomic E-state index is 12.7. The first-order valence-corrected chi connectivity index (χ1v) is 2.65. The lowest BCUT2D eigenvalue weighted by atomic mass is 10.0. The fourth-order valence-corrected chi connectivity index (χ4v) is 0.757. The molecule has 0 atom stereocenters. The fraction of sp³-hybridized carbons (Fsp3) is 1.00. The third-order valence-corrected chi connectivity index (χ3v) is 1.29. The molecule has 1 aliphatic heterocycles. The zero-order valence-electron chi connectivity index (χ0n) is 4.91. The molecule has 0 radical (unpaired) electrons. The van der Waals surface area contributed by atoms with Crippen molar-refractivity contribution in [3.05, 3.63) is 0 Å². The predicted octanol–water partition coefficient (Wildman–Crippen LogP) is -0.0557. The van der Waals surface area contributed by atoms with Gasteiger partial charge in [0.05, 0.1) is 6.61 Å². The summed E-state index contributed by atoms with van der Waals surface area (Å²) in [5.74, 6) is 0. The van der Waals surface area contributed by atoms with Crippen molar-refractivity contribution in [1.82, 2.24) is 5.32 Å². The van der Waals surface area contributed by atoms with E-state index >= 15 is 0 Å². The molecule has 1 saturated heterocycles. The van der Waals surface area contributed by atoms with Crippen molar-refractivity contribution in [2.75, 3.05) is 26.8 Å². The largest absolute Gasteiger partial charge is 0.381 e. The van der Waals surface area contributed by atoms with Crippen LogP contribution in [0.2, 0.25) is 0 Å². The van der Waals surface area contributed by atoms with Crippen LogP contribution in [0.1, 0.15) is 0 Å². The first-order valence-electron chi connectivity index (χ1n) is 2.65. The minimum Gasteiger partial charge on any atom is -0.381 e. The van der Waals surface area contributed by atoms with Crippen molar-refractivity contribution >= 4 is 0 Å². The zero-order valence-corrected chi connectivity index (χ0v) is 4.91. The molecule has 1 aliphatic rings. The number of alkyl halides is 1. The van der Waals surface area contributed by atoms with Gasteiger partial charge in [-0.05, 0) is 0 Å². The van der Waals surface area contributed by atoms with E-state index in [1.165, 1.54) is 7.11 Å². The summed E-state index contributed by atoms with van der Waals surface area (Å²) in [5.41, 5.74) is -1.06. The summed E-state index contributed by atoms with van der Waals surface area (Å²) < 4.78 is 17.4. The molecule has 1 rings (SSSR count). The Balaban J connectivity index is 2.20. The highest BCUT2D eigenvalue weighted by Crippen LogP contribution is 2.15. The fourth-order valence-electron chi connectivity index (χ4n) is 0.757. The number of ether oxygens (including phenoxy) is 1. The van der Waals surface area contributed by atoms with Gasteiger partial charge in [-0.2, -0.15) is 0 Å². The molecule has 8 heavy (non-hydrogen) atoms. The van der Waals surface area contributed by atoms with Gasteiger partial charge in [-0.25, -0.2) is 4.39 Å². The number of nitrogens with one attached hydrogen (secondary N) is 1. The highest BCUT2D eigenvalue weighted by atomic mass is 19.1. The molecular weight excluding hydrogens is 109 g/mol. The van der Waals surface area contributed by atoms with Gasteiger partial charge in [0.1, 0.15) is 0 Å². The van der Waals surface area contributed by atoms with Crippen molar-refractivity contribution < 1.29 is 9.13 Å². The van der Waals surface area contributed by atoms with Crippen LogP contribution in [0.15, 0.2) is 0 Å². The maximum atomic E-state index is 12.7. The zero-order chi connectivity index (χ0) is 6.04. The van der Waals surface area contributed by atoms with Crippen LogP contribution in [-0.2, 0) is 4.74 Å². The molecule has 0 amide bonds. The predicted molar refractivity (Wildman–Crippen MR) is 28.6 cm³/mol. The van der Waals surface area contributed by atoms with Gasteiger partial charge >= 0.3 is 0 Å². The SMILES string of the molecule is COCC1(F)CNC1. The quantitative estimate of drug-likeness (QED) is 0.550. The smallest absolute Gasteiger partial charge is 0.158 e. The molecule has 0 spiro atoms. The third-order valence-electron chi connectivity index (χ3n) is 1.29. The van der Waals surface area contributed by atoms with Crippen LogP contribution >= 0.6 is 0 Å². The van der Waals surface area contributed by atoms with E-state index in [1.54, 1.807) is 0 Å². The van der Waals surface area contributed by atoms with Gasteiger partial charge in [0, 0.05) is 20.2 Å². The number of rotatable bonds is 2. The Labute approximate surface area is 48.0 Å². The topological polar surface area (TPSA) is 21.3 Å². The van der Waals surface area contributed by atoms with Crippen LogP contribution in [-0.4, -0.2) is 32.5 Å². The van der Waals surface area contributed by atoms with E-state index in [1.807, 2.05) is 0 Å². The molecule has 3 heteroatoms. The molecule has 48 valence electrons. The van der Waals surface area contributed by atoms with Crippen LogP contribution in [0.3, 0.4) is 0 Å². The van der Waals surface area contributed by atoms with Gasteiger partial charge in [-0.3, -0.25) is 0 Å². The van der Waals surface area contributed by atoms with Gasteiger partial charge in [0.25, 0.3) is 0 Å². The molecule has 2 nitrogen and oxygen atoms in total. The Morgan fingerprint density at radius 2 is 2.38 bits per heavy atom. The lowest BCUT2D eigenvalue weighted by Gasteiger charge is -2.33. The maximum Gasteiger partial charge on any atom is 0.158 e. The number of hydrogen-bond acceptors (Lipinski definition) is 2. The Hall–Kier alpha value is -0.150. The second-order valence-corrected chi connectivity index (χ2v) is 2.19. The Morgan fingerprint density at radius 3 is 2.50 bits per heavy atom. The summed E-state index contributed by atoms with van der Waals surface area (Å²) in [6.45, 7) is 1.11. The summed E-state index contributed by atoms with van der Waals surface area (Å²) >= 11 is 0. The monoisotopic (exact) mass is 119 g/mol. The number of hydrogen-bond donors (Lipinski definition) is 1. The summed E-state index contributed by atoms with van der Waals surface area (Å²) in [4.78, 5) is 0. The van der Waals surface area contributed by atoms with Gasteiger partial charge in [-0.15, -0.1) is 0 Å². The summed E-state index contributed by atoms with van der Waals surface area (Å²) in [5, 5.41) is 2.83. The molecule has 1 N–H and O–H groups in total. The van der Waals surface area contributed by atoms with Crippen LogP contribution in [0.25, 0.3) is 0 Å². The van der Waals surface area contributed by atoms with Crippen LogP contribution in [0.4, 0.5) is 4.39 Å². The minimum absolute atomic E-state index is 0.222. The van der Waals surface area contributed by atoms with Crippen molar-refractivity contribution in [3.63, 3.8) is 0 Å². The Bertz CT molecular complexity index is 82.5. The molecule has 0 aliphatic carbocycles. The first-order chi connectivity index (χ1) is 3.77. The lowest BCUT2D eigenvalue weighted by molar-refractivity contribution is 0.00243. The molecule has 0 bridgehead atoms. The molecule has 0 aromatic rings. The number of methoxy groups -OCH3 is 1.